The highest BCUT2D eigenvalue weighted by molar-refractivity contribution is 7.92. The normalized spacial score (nSPS) is 12.9. The van der Waals surface area contributed by atoms with E-state index in [0.29, 0.717) is 5.69 Å². The van der Waals surface area contributed by atoms with Gasteiger partial charge in [-0.1, -0.05) is 6.07 Å². The summed E-state index contributed by atoms with van der Waals surface area (Å²) in [5.74, 6) is -0.256. The summed E-state index contributed by atoms with van der Waals surface area (Å²) in [5.41, 5.74) is 2.58. The first-order valence-electron chi connectivity index (χ1n) is 6.33. The molecule has 1 aromatic rings. The Morgan fingerprint density at radius 1 is 1.15 bits per heavy atom. The van der Waals surface area contributed by atoms with Gasteiger partial charge in [-0.2, -0.15) is 0 Å². The van der Waals surface area contributed by atoms with Crippen LogP contribution in [0.2, 0.25) is 0 Å². The molecule has 0 aliphatic carbocycles. The average molecular weight is 298 g/mol. The van der Waals surface area contributed by atoms with Gasteiger partial charge in [0.25, 0.3) is 0 Å². The lowest BCUT2D eigenvalue weighted by molar-refractivity contribution is -0.129. The largest absolute Gasteiger partial charge is 0.347 e. The van der Waals surface area contributed by atoms with Gasteiger partial charge in [-0.3, -0.25) is 9.10 Å². The Labute approximate surface area is 121 Å². The molecule has 0 unspecified atom stereocenters. The highest BCUT2D eigenvalue weighted by Gasteiger charge is 2.30. The molecule has 0 spiro atoms. The molecule has 1 amide bonds. The lowest BCUT2D eigenvalue weighted by Gasteiger charge is -2.30. The van der Waals surface area contributed by atoms with Crippen molar-refractivity contribution < 1.29 is 13.2 Å². The first-order valence-corrected chi connectivity index (χ1v) is 8.18. The lowest BCUT2D eigenvalue weighted by atomic mass is 10.1. The molecule has 20 heavy (non-hydrogen) atoms. The van der Waals surface area contributed by atoms with E-state index >= 15 is 0 Å². The fraction of sp³-hybridized carbons (Fsp3) is 0.500. The standard InChI is InChI=1S/C14H22N2O3S/c1-10-7-8-13(9-11(10)2)16(20(6,18)19)12(3)14(17)15(4)5/h7-9,12H,1-6H3/t12-/m0/s1. The van der Waals surface area contributed by atoms with Crippen LogP contribution in [-0.2, 0) is 14.8 Å². The highest BCUT2D eigenvalue weighted by Crippen LogP contribution is 2.24. The van der Waals surface area contributed by atoms with E-state index in [-0.39, 0.29) is 5.91 Å². The van der Waals surface area contributed by atoms with Crippen LogP contribution in [0.15, 0.2) is 18.2 Å². The number of sulfonamides is 1. The van der Waals surface area contributed by atoms with Gasteiger partial charge in [0.15, 0.2) is 0 Å². The molecule has 0 bridgehead atoms. The number of anilines is 1. The first kappa shape index (κ1) is 16.5. The molecule has 0 fully saturated rings. The third-order valence-corrected chi connectivity index (χ3v) is 4.49. The van der Waals surface area contributed by atoms with Crippen molar-refractivity contribution in [2.75, 3.05) is 24.7 Å². The Morgan fingerprint density at radius 2 is 1.70 bits per heavy atom. The molecule has 0 heterocycles. The summed E-state index contributed by atoms with van der Waals surface area (Å²) in [6.07, 6.45) is 1.11. The number of benzene rings is 1. The predicted octanol–water partition coefficient (Wildman–Crippen LogP) is 1.55. The third-order valence-electron chi connectivity index (χ3n) is 3.25. The Hall–Kier alpha value is -1.56. The van der Waals surface area contributed by atoms with Crippen molar-refractivity contribution in [3.8, 4) is 0 Å². The van der Waals surface area contributed by atoms with Crippen LogP contribution in [-0.4, -0.2) is 45.6 Å². The third kappa shape index (κ3) is 3.50. The molecule has 5 nitrogen and oxygen atoms in total. The fourth-order valence-electron chi connectivity index (χ4n) is 2.04. The van der Waals surface area contributed by atoms with Gasteiger partial charge in [0.1, 0.15) is 6.04 Å². The van der Waals surface area contributed by atoms with Gasteiger partial charge in [0, 0.05) is 14.1 Å². The van der Waals surface area contributed by atoms with E-state index in [9.17, 15) is 13.2 Å². The Balaban J connectivity index is 3.34. The van der Waals surface area contributed by atoms with Crippen molar-refractivity contribution in [2.45, 2.75) is 26.8 Å². The van der Waals surface area contributed by atoms with Crippen LogP contribution >= 0.6 is 0 Å². The van der Waals surface area contributed by atoms with E-state index < -0.39 is 16.1 Å². The maximum atomic E-state index is 12.1. The molecule has 0 saturated carbocycles. The van der Waals surface area contributed by atoms with Gasteiger partial charge >= 0.3 is 0 Å². The minimum atomic E-state index is -3.54. The van der Waals surface area contributed by atoms with Gasteiger partial charge in [-0.25, -0.2) is 8.42 Å². The second-order valence-corrected chi connectivity index (χ2v) is 7.10. The fourth-order valence-corrected chi connectivity index (χ4v) is 3.20. The number of carbonyl (C=O) groups is 1. The topological polar surface area (TPSA) is 57.7 Å². The first-order chi connectivity index (χ1) is 9.05. The van der Waals surface area contributed by atoms with Crippen molar-refractivity contribution in [3.63, 3.8) is 0 Å². The number of rotatable bonds is 4. The second-order valence-electron chi connectivity index (χ2n) is 5.24. The van der Waals surface area contributed by atoms with Crippen molar-refractivity contribution in [3.05, 3.63) is 29.3 Å². The zero-order valence-electron chi connectivity index (χ0n) is 12.8. The van der Waals surface area contributed by atoms with Crippen molar-refractivity contribution in [1.82, 2.24) is 4.90 Å². The summed E-state index contributed by atoms with van der Waals surface area (Å²) >= 11 is 0. The average Bonchev–Trinajstić information content (AvgIpc) is 2.30. The summed E-state index contributed by atoms with van der Waals surface area (Å²) in [5, 5.41) is 0. The summed E-state index contributed by atoms with van der Waals surface area (Å²) in [6, 6.07) is 4.59. The minimum Gasteiger partial charge on any atom is -0.347 e. The smallest absolute Gasteiger partial charge is 0.245 e. The molecule has 1 rings (SSSR count). The van der Waals surface area contributed by atoms with Gasteiger partial charge < -0.3 is 4.90 Å². The van der Waals surface area contributed by atoms with Crippen molar-refractivity contribution in [1.29, 1.82) is 0 Å². The number of hydrogen-bond donors (Lipinski definition) is 0. The van der Waals surface area contributed by atoms with Gasteiger partial charge in [0.05, 0.1) is 11.9 Å². The maximum absolute atomic E-state index is 12.1. The quantitative estimate of drug-likeness (QED) is 0.847. The van der Waals surface area contributed by atoms with Crippen LogP contribution in [0.5, 0.6) is 0 Å². The molecular formula is C14H22N2O3S. The Bertz CT molecular complexity index is 609. The monoisotopic (exact) mass is 298 g/mol. The molecule has 0 aliphatic rings. The van der Waals surface area contributed by atoms with Crippen molar-refractivity contribution in [2.24, 2.45) is 0 Å². The predicted molar refractivity (Wildman–Crippen MR) is 81.4 cm³/mol. The maximum Gasteiger partial charge on any atom is 0.245 e. The summed E-state index contributed by atoms with van der Waals surface area (Å²) < 4.78 is 25.3. The lowest BCUT2D eigenvalue weighted by Crippen LogP contribution is -2.47. The number of carbonyl (C=O) groups excluding carboxylic acids is 1. The Morgan fingerprint density at radius 3 is 2.10 bits per heavy atom. The summed E-state index contributed by atoms with van der Waals surface area (Å²) in [4.78, 5) is 13.5. The zero-order valence-corrected chi connectivity index (χ0v) is 13.7. The van der Waals surface area contributed by atoms with E-state index in [0.717, 1.165) is 17.4 Å². The van der Waals surface area contributed by atoms with Crippen LogP contribution in [0.25, 0.3) is 0 Å². The van der Waals surface area contributed by atoms with E-state index in [1.807, 2.05) is 19.9 Å². The molecule has 6 heteroatoms. The molecule has 0 aromatic heterocycles. The molecule has 112 valence electrons. The number of hydrogen-bond acceptors (Lipinski definition) is 3. The van der Waals surface area contributed by atoms with E-state index in [1.165, 1.54) is 9.21 Å². The minimum absolute atomic E-state index is 0.256. The number of likely N-dealkylation sites (N-methyl/N-ethyl adjacent to an activating group) is 1. The van der Waals surface area contributed by atoms with E-state index in [1.54, 1.807) is 33.2 Å². The van der Waals surface area contributed by atoms with Crippen LogP contribution in [0, 0.1) is 13.8 Å². The van der Waals surface area contributed by atoms with Crippen molar-refractivity contribution >= 4 is 21.6 Å². The molecule has 0 N–H and O–H groups in total. The van der Waals surface area contributed by atoms with Crippen LogP contribution in [0.3, 0.4) is 0 Å². The van der Waals surface area contributed by atoms with Gasteiger partial charge in [0.2, 0.25) is 15.9 Å². The second kappa shape index (κ2) is 5.83. The Kier molecular flexibility index (Phi) is 4.81. The summed E-state index contributed by atoms with van der Waals surface area (Å²) in [7, 11) is -0.318. The van der Waals surface area contributed by atoms with Gasteiger partial charge in [-0.15, -0.1) is 0 Å². The van der Waals surface area contributed by atoms with E-state index in [4.69, 9.17) is 0 Å². The van der Waals surface area contributed by atoms with Crippen LogP contribution in [0.4, 0.5) is 5.69 Å². The van der Waals surface area contributed by atoms with Crippen LogP contribution in [0.1, 0.15) is 18.1 Å². The number of aryl methyl sites for hydroxylation is 2. The SMILES string of the molecule is Cc1ccc(N([C@@H](C)C(=O)N(C)C)S(C)(=O)=O)cc1C. The molecule has 0 radical (unpaired) electrons. The summed E-state index contributed by atoms with van der Waals surface area (Å²) in [6.45, 7) is 5.47. The molecule has 1 aromatic carbocycles. The molecule has 1 atom stereocenters. The van der Waals surface area contributed by atoms with E-state index in [2.05, 4.69) is 0 Å². The molecule has 0 saturated heterocycles. The molecular weight excluding hydrogens is 276 g/mol. The zero-order chi connectivity index (χ0) is 15.7. The highest BCUT2D eigenvalue weighted by atomic mass is 32.2. The molecule has 0 aliphatic heterocycles. The number of nitrogens with zero attached hydrogens (tertiary/aromatic N) is 2. The van der Waals surface area contributed by atoms with Gasteiger partial charge in [-0.05, 0) is 44.0 Å². The number of amides is 1. The van der Waals surface area contributed by atoms with Crippen LogP contribution < -0.4 is 4.31 Å².